The van der Waals surface area contributed by atoms with Gasteiger partial charge in [0.15, 0.2) is 0 Å². The van der Waals surface area contributed by atoms with E-state index in [1.54, 1.807) is 4.90 Å². The van der Waals surface area contributed by atoms with Crippen molar-refractivity contribution in [1.82, 2.24) is 5.32 Å². The highest BCUT2D eigenvalue weighted by molar-refractivity contribution is 6.00. The van der Waals surface area contributed by atoms with E-state index in [1.165, 1.54) is 12.8 Å². The monoisotopic (exact) mass is 314 g/mol. The van der Waals surface area contributed by atoms with Gasteiger partial charge in [0.25, 0.3) is 0 Å². The van der Waals surface area contributed by atoms with Crippen molar-refractivity contribution in [3.8, 4) is 0 Å². The number of nitrogens with zero attached hydrogens (tertiary/aromatic N) is 1. The standard InChI is InChI=1S/C19H26N2O2/c1-13-7-9-16(10-8-13)20-19(23)15-11-18(22)21(12-15)17-6-4-3-5-14(17)2/h3-6,13,15-16H,7-12H2,1-2H3,(H,20,23)/t13?,15-,16?/m1/s1. The van der Waals surface area contributed by atoms with Crippen LogP contribution in [0.25, 0.3) is 0 Å². The molecule has 0 bridgehead atoms. The van der Waals surface area contributed by atoms with Crippen LogP contribution < -0.4 is 10.2 Å². The molecule has 3 rings (SSSR count). The van der Waals surface area contributed by atoms with Crippen LogP contribution in [0.2, 0.25) is 0 Å². The van der Waals surface area contributed by atoms with Crippen LogP contribution in [0.4, 0.5) is 5.69 Å². The van der Waals surface area contributed by atoms with E-state index in [0.29, 0.717) is 19.0 Å². The first-order valence-corrected chi connectivity index (χ1v) is 8.71. The molecule has 2 amide bonds. The van der Waals surface area contributed by atoms with Gasteiger partial charge in [0, 0.05) is 24.7 Å². The number of aryl methyl sites for hydroxylation is 1. The summed E-state index contributed by atoms with van der Waals surface area (Å²) >= 11 is 0. The van der Waals surface area contributed by atoms with Gasteiger partial charge in [-0.2, -0.15) is 0 Å². The van der Waals surface area contributed by atoms with Gasteiger partial charge in [-0.25, -0.2) is 0 Å². The predicted octanol–water partition coefficient (Wildman–Crippen LogP) is 3.04. The molecule has 4 heteroatoms. The van der Waals surface area contributed by atoms with Gasteiger partial charge < -0.3 is 10.2 Å². The Hall–Kier alpha value is -1.84. The third-order valence-electron chi connectivity index (χ3n) is 5.26. The smallest absolute Gasteiger partial charge is 0.227 e. The summed E-state index contributed by atoms with van der Waals surface area (Å²) in [6.45, 7) is 4.77. The summed E-state index contributed by atoms with van der Waals surface area (Å²) in [6, 6.07) is 8.15. The fraction of sp³-hybridized carbons (Fsp3) is 0.579. The van der Waals surface area contributed by atoms with Gasteiger partial charge >= 0.3 is 0 Å². The predicted molar refractivity (Wildman–Crippen MR) is 91.2 cm³/mol. The molecule has 2 aliphatic rings. The molecule has 0 radical (unpaired) electrons. The zero-order chi connectivity index (χ0) is 16.4. The Labute approximate surface area is 138 Å². The zero-order valence-electron chi connectivity index (χ0n) is 14.0. The average molecular weight is 314 g/mol. The number of hydrogen-bond acceptors (Lipinski definition) is 2. The first-order valence-electron chi connectivity index (χ1n) is 8.71. The lowest BCUT2D eigenvalue weighted by Crippen LogP contribution is -2.41. The molecular formula is C19H26N2O2. The van der Waals surface area contributed by atoms with Crippen LogP contribution in [0.1, 0.15) is 44.6 Å². The van der Waals surface area contributed by atoms with E-state index < -0.39 is 0 Å². The number of hydrogen-bond donors (Lipinski definition) is 1. The average Bonchev–Trinajstić information content (AvgIpc) is 2.92. The first-order chi connectivity index (χ1) is 11.0. The van der Waals surface area contributed by atoms with Crippen molar-refractivity contribution in [3.63, 3.8) is 0 Å². The van der Waals surface area contributed by atoms with Crippen LogP contribution in [0, 0.1) is 18.8 Å². The van der Waals surface area contributed by atoms with Crippen molar-refractivity contribution in [2.24, 2.45) is 11.8 Å². The van der Waals surface area contributed by atoms with Crippen molar-refractivity contribution >= 4 is 17.5 Å². The molecule has 124 valence electrons. The number of para-hydroxylation sites is 1. The lowest BCUT2D eigenvalue weighted by atomic mass is 9.87. The fourth-order valence-electron chi connectivity index (χ4n) is 3.71. The summed E-state index contributed by atoms with van der Waals surface area (Å²) < 4.78 is 0. The van der Waals surface area contributed by atoms with Gasteiger partial charge in [0.05, 0.1) is 5.92 Å². The molecule has 0 aromatic heterocycles. The normalized spacial score (nSPS) is 28.0. The second-order valence-corrected chi connectivity index (χ2v) is 7.16. The fourth-order valence-corrected chi connectivity index (χ4v) is 3.71. The van der Waals surface area contributed by atoms with Crippen molar-refractivity contribution in [1.29, 1.82) is 0 Å². The molecule has 1 aliphatic heterocycles. The summed E-state index contributed by atoms with van der Waals surface area (Å²) in [7, 11) is 0. The highest BCUT2D eigenvalue weighted by Crippen LogP contribution is 2.29. The minimum absolute atomic E-state index is 0.0500. The largest absolute Gasteiger partial charge is 0.353 e. The van der Waals surface area contributed by atoms with E-state index in [-0.39, 0.29) is 17.7 Å². The summed E-state index contributed by atoms with van der Waals surface area (Å²) in [5, 5.41) is 3.17. The van der Waals surface area contributed by atoms with Gasteiger partial charge in [-0.3, -0.25) is 9.59 Å². The van der Waals surface area contributed by atoms with Gasteiger partial charge in [0.2, 0.25) is 11.8 Å². The number of carbonyl (C=O) groups excluding carboxylic acids is 2. The molecule has 1 saturated carbocycles. The summed E-state index contributed by atoms with van der Waals surface area (Å²) in [6.07, 6.45) is 4.82. The molecule has 1 aliphatic carbocycles. The quantitative estimate of drug-likeness (QED) is 0.932. The molecule has 0 unspecified atom stereocenters. The number of nitrogens with one attached hydrogen (secondary N) is 1. The Kier molecular flexibility index (Phi) is 4.69. The van der Waals surface area contributed by atoms with Gasteiger partial charge in [-0.1, -0.05) is 25.1 Å². The van der Waals surface area contributed by atoms with Crippen molar-refractivity contribution in [2.45, 2.75) is 52.0 Å². The lowest BCUT2D eigenvalue weighted by molar-refractivity contribution is -0.127. The minimum atomic E-state index is -0.221. The third kappa shape index (κ3) is 3.57. The van der Waals surface area contributed by atoms with E-state index in [0.717, 1.165) is 30.0 Å². The highest BCUT2D eigenvalue weighted by atomic mass is 16.2. The van der Waals surface area contributed by atoms with Crippen molar-refractivity contribution < 1.29 is 9.59 Å². The van der Waals surface area contributed by atoms with Crippen LogP contribution in [-0.2, 0) is 9.59 Å². The van der Waals surface area contributed by atoms with Gasteiger partial charge in [-0.05, 0) is 50.2 Å². The molecular weight excluding hydrogens is 288 g/mol. The number of anilines is 1. The van der Waals surface area contributed by atoms with Crippen LogP contribution in [0.15, 0.2) is 24.3 Å². The molecule has 1 aromatic rings. The Morgan fingerprint density at radius 2 is 1.87 bits per heavy atom. The molecule has 1 N–H and O–H groups in total. The number of carbonyl (C=O) groups is 2. The Balaban J connectivity index is 1.61. The van der Waals surface area contributed by atoms with Crippen LogP contribution >= 0.6 is 0 Å². The first kappa shape index (κ1) is 16.0. The van der Waals surface area contributed by atoms with E-state index in [1.807, 2.05) is 31.2 Å². The van der Waals surface area contributed by atoms with E-state index >= 15 is 0 Å². The SMILES string of the molecule is Cc1ccccc1N1C[C@H](C(=O)NC2CCC(C)CC2)CC1=O. The van der Waals surface area contributed by atoms with E-state index in [9.17, 15) is 9.59 Å². The molecule has 4 nitrogen and oxygen atoms in total. The van der Waals surface area contributed by atoms with E-state index in [4.69, 9.17) is 0 Å². The van der Waals surface area contributed by atoms with Crippen LogP contribution in [-0.4, -0.2) is 24.4 Å². The Morgan fingerprint density at radius 3 is 2.57 bits per heavy atom. The Morgan fingerprint density at radius 1 is 1.17 bits per heavy atom. The summed E-state index contributed by atoms with van der Waals surface area (Å²) in [4.78, 5) is 26.6. The third-order valence-corrected chi connectivity index (χ3v) is 5.26. The second-order valence-electron chi connectivity index (χ2n) is 7.16. The lowest BCUT2D eigenvalue weighted by Gasteiger charge is -2.27. The summed E-state index contributed by atoms with van der Waals surface area (Å²) in [5.41, 5.74) is 2.00. The van der Waals surface area contributed by atoms with Crippen molar-refractivity contribution in [2.75, 3.05) is 11.4 Å². The molecule has 2 fully saturated rings. The minimum Gasteiger partial charge on any atom is -0.353 e. The summed E-state index contributed by atoms with van der Waals surface area (Å²) in [5.74, 6) is 0.653. The van der Waals surface area contributed by atoms with Gasteiger partial charge in [0.1, 0.15) is 0 Å². The zero-order valence-corrected chi connectivity index (χ0v) is 14.0. The molecule has 1 heterocycles. The molecule has 23 heavy (non-hydrogen) atoms. The maximum absolute atomic E-state index is 12.5. The molecule has 1 saturated heterocycles. The molecule has 1 atom stereocenters. The van der Waals surface area contributed by atoms with Crippen molar-refractivity contribution in [3.05, 3.63) is 29.8 Å². The molecule has 0 spiro atoms. The maximum Gasteiger partial charge on any atom is 0.227 e. The van der Waals surface area contributed by atoms with Crippen LogP contribution in [0.3, 0.4) is 0 Å². The second kappa shape index (κ2) is 6.73. The highest BCUT2D eigenvalue weighted by Gasteiger charge is 2.36. The van der Waals surface area contributed by atoms with E-state index in [2.05, 4.69) is 12.2 Å². The Bertz CT molecular complexity index is 591. The van der Waals surface area contributed by atoms with Crippen LogP contribution in [0.5, 0.6) is 0 Å². The number of benzene rings is 1. The number of rotatable bonds is 3. The number of amides is 2. The van der Waals surface area contributed by atoms with Gasteiger partial charge in [-0.15, -0.1) is 0 Å². The topological polar surface area (TPSA) is 49.4 Å². The maximum atomic E-state index is 12.5. The molecule has 1 aromatic carbocycles.